The predicted molar refractivity (Wildman–Crippen MR) is 56.1 cm³/mol. The van der Waals surface area contributed by atoms with Gasteiger partial charge in [0.1, 0.15) is 6.26 Å². The number of phosphoric acid groups is 1. The molecular weight excluding hydrogens is 227 g/mol. The van der Waals surface area contributed by atoms with E-state index in [2.05, 4.69) is 0 Å². The Kier molecular flexibility index (Phi) is 6.45. The van der Waals surface area contributed by atoms with Crippen molar-refractivity contribution in [2.45, 2.75) is 39.9 Å². The van der Waals surface area contributed by atoms with Crippen molar-refractivity contribution in [2.75, 3.05) is 0 Å². The smallest absolute Gasteiger partial charge is 0.411 e. The topological polar surface area (TPSA) is 44.8 Å². The van der Waals surface area contributed by atoms with Crippen molar-refractivity contribution in [3.8, 4) is 0 Å². The van der Waals surface area contributed by atoms with Crippen molar-refractivity contribution in [3.63, 3.8) is 0 Å². The van der Waals surface area contributed by atoms with Gasteiger partial charge in [-0.25, -0.2) is 4.57 Å². The predicted octanol–water partition coefficient (Wildman–Crippen LogP) is 3.67. The number of hydrogen-bond acceptors (Lipinski definition) is 4. The largest absolute Gasteiger partial charge is 0.530 e. The van der Waals surface area contributed by atoms with E-state index >= 15 is 0 Å². The molecule has 0 aromatic carbocycles. The summed E-state index contributed by atoms with van der Waals surface area (Å²) in [5.74, 6) is 0. The molecule has 0 rings (SSSR count). The van der Waals surface area contributed by atoms with Gasteiger partial charge in [-0.2, -0.15) is 0 Å². The fraction of sp³-hybridized carbons (Fsp3) is 0.750. The zero-order valence-electron chi connectivity index (χ0n) is 8.77. The van der Waals surface area contributed by atoms with Crippen LogP contribution in [0, 0.1) is 0 Å². The molecular formula is C8H16ClO4P. The van der Waals surface area contributed by atoms with Crippen LogP contribution in [0.25, 0.3) is 0 Å². The quantitative estimate of drug-likeness (QED) is 0.527. The van der Waals surface area contributed by atoms with E-state index in [1.165, 1.54) is 0 Å². The number of hydrogen-bond donors (Lipinski definition) is 0. The summed E-state index contributed by atoms with van der Waals surface area (Å²) in [7, 11) is -3.52. The third kappa shape index (κ3) is 6.44. The summed E-state index contributed by atoms with van der Waals surface area (Å²) in [5, 5.41) is 0. The minimum Gasteiger partial charge on any atom is -0.411 e. The highest BCUT2D eigenvalue weighted by Gasteiger charge is 2.29. The summed E-state index contributed by atoms with van der Waals surface area (Å²) in [4.78, 5) is 0. The van der Waals surface area contributed by atoms with Crippen LogP contribution < -0.4 is 0 Å². The average Bonchev–Trinajstić information content (AvgIpc) is 1.97. The summed E-state index contributed by atoms with van der Waals surface area (Å²) in [6, 6.07) is 0. The van der Waals surface area contributed by atoms with Gasteiger partial charge in [-0.05, 0) is 27.7 Å². The first-order valence-electron chi connectivity index (χ1n) is 4.30. The van der Waals surface area contributed by atoms with Crippen molar-refractivity contribution in [2.24, 2.45) is 0 Å². The van der Waals surface area contributed by atoms with Crippen molar-refractivity contribution in [1.29, 1.82) is 0 Å². The first-order valence-corrected chi connectivity index (χ1v) is 6.20. The van der Waals surface area contributed by atoms with Crippen molar-refractivity contribution >= 4 is 19.4 Å². The van der Waals surface area contributed by atoms with E-state index in [4.69, 9.17) is 25.2 Å². The van der Waals surface area contributed by atoms with E-state index in [9.17, 15) is 4.57 Å². The molecule has 0 heterocycles. The van der Waals surface area contributed by atoms with Gasteiger partial charge in [0.25, 0.3) is 0 Å². The molecule has 0 aliphatic carbocycles. The number of rotatable bonds is 6. The fourth-order valence-electron chi connectivity index (χ4n) is 0.688. The Morgan fingerprint density at radius 3 is 1.86 bits per heavy atom. The molecule has 4 nitrogen and oxygen atoms in total. The number of halogens is 1. The van der Waals surface area contributed by atoms with Crippen molar-refractivity contribution < 1.29 is 18.1 Å². The lowest BCUT2D eigenvalue weighted by Crippen LogP contribution is -2.08. The highest BCUT2D eigenvalue weighted by atomic mass is 35.5. The van der Waals surface area contributed by atoms with Gasteiger partial charge >= 0.3 is 7.82 Å². The summed E-state index contributed by atoms with van der Waals surface area (Å²) in [6.07, 6.45) is 0.583. The molecule has 6 heteroatoms. The van der Waals surface area contributed by atoms with Gasteiger partial charge in [0.2, 0.25) is 0 Å². The van der Waals surface area contributed by atoms with Crippen LogP contribution in [0.2, 0.25) is 0 Å². The molecule has 14 heavy (non-hydrogen) atoms. The van der Waals surface area contributed by atoms with Crippen LogP contribution in [-0.4, -0.2) is 12.2 Å². The summed E-state index contributed by atoms with van der Waals surface area (Å²) in [6.45, 7) is 6.96. The lowest BCUT2D eigenvalue weighted by atomic mass is 10.5. The van der Waals surface area contributed by atoms with E-state index in [0.717, 1.165) is 11.8 Å². The van der Waals surface area contributed by atoms with Gasteiger partial charge in [0.05, 0.1) is 12.2 Å². The molecule has 0 N–H and O–H groups in total. The SMILES string of the molecule is CC(C)OP(=O)(OC=CCl)OC(C)C. The Hall–Kier alpha value is -0.0200. The zero-order chi connectivity index (χ0) is 11.2. The molecule has 0 atom stereocenters. The minimum absolute atomic E-state index is 0.247. The normalized spacial score (nSPS) is 13.1. The molecule has 0 aliphatic heterocycles. The van der Waals surface area contributed by atoms with Gasteiger partial charge in [-0.15, -0.1) is 0 Å². The third-order valence-electron chi connectivity index (χ3n) is 0.921. The molecule has 0 fully saturated rings. The Morgan fingerprint density at radius 1 is 1.14 bits per heavy atom. The third-order valence-corrected chi connectivity index (χ3v) is 2.76. The van der Waals surface area contributed by atoms with Crippen molar-refractivity contribution in [3.05, 3.63) is 11.8 Å². The first-order chi connectivity index (χ1) is 6.39. The van der Waals surface area contributed by atoms with E-state index < -0.39 is 7.82 Å². The molecule has 0 aliphatic rings. The van der Waals surface area contributed by atoms with Crippen LogP contribution in [0.1, 0.15) is 27.7 Å². The standard InChI is InChI=1S/C8H16ClO4P/c1-7(2)12-14(10,11-6-5-9)13-8(3)4/h5-8H,1-4H3. The molecule has 84 valence electrons. The van der Waals surface area contributed by atoms with Crippen LogP contribution in [0.4, 0.5) is 0 Å². The molecule has 0 spiro atoms. The van der Waals surface area contributed by atoms with E-state index in [0.29, 0.717) is 0 Å². The maximum absolute atomic E-state index is 11.8. The first kappa shape index (κ1) is 14.0. The average molecular weight is 243 g/mol. The van der Waals surface area contributed by atoms with Gasteiger partial charge in [0, 0.05) is 5.54 Å². The number of phosphoric ester groups is 1. The van der Waals surface area contributed by atoms with Gasteiger partial charge < -0.3 is 4.52 Å². The lowest BCUT2D eigenvalue weighted by Gasteiger charge is -2.20. The molecule has 0 amide bonds. The Balaban J connectivity index is 4.41. The van der Waals surface area contributed by atoms with Crippen molar-refractivity contribution in [1.82, 2.24) is 0 Å². The van der Waals surface area contributed by atoms with Gasteiger partial charge in [0.15, 0.2) is 0 Å². The maximum atomic E-state index is 11.8. The van der Waals surface area contributed by atoms with Gasteiger partial charge in [-0.3, -0.25) is 9.05 Å². The van der Waals surface area contributed by atoms with Crippen LogP contribution in [0.3, 0.4) is 0 Å². The molecule has 0 radical (unpaired) electrons. The molecule has 0 unspecified atom stereocenters. The molecule has 0 aromatic heterocycles. The molecule has 0 saturated heterocycles. The second kappa shape index (κ2) is 6.46. The molecule has 0 aromatic rings. The lowest BCUT2D eigenvalue weighted by molar-refractivity contribution is 0.0936. The van der Waals surface area contributed by atoms with E-state index in [1.807, 2.05) is 0 Å². The maximum Gasteiger partial charge on any atom is 0.530 e. The summed E-state index contributed by atoms with van der Waals surface area (Å²) >= 11 is 5.24. The zero-order valence-corrected chi connectivity index (χ0v) is 10.4. The fourth-order valence-corrected chi connectivity index (χ4v) is 2.20. The van der Waals surface area contributed by atoms with Crippen LogP contribution >= 0.6 is 19.4 Å². The Bertz CT molecular complexity index is 213. The molecule has 0 saturated carbocycles. The highest BCUT2D eigenvalue weighted by molar-refractivity contribution is 7.48. The monoisotopic (exact) mass is 242 g/mol. The Morgan fingerprint density at radius 2 is 1.57 bits per heavy atom. The van der Waals surface area contributed by atoms with E-state index in [-0.39, 0.29) is 12.2 Å². The molecule has 0 bridgehead atoms. The van der Waals surface area contributed by atoms with Crippen LogP contribution in [0.15, 0.2) is 11.8 Å². The van der Waals surface area contributed by atoms with Gasteiger partial charge in [-0.1, -0.05) is 11.6 Å². The van der Waals surface area contributed by atoms with Crippen LogP contribution in [0.5, 0.6) is 0 Å². The second-order valence-corrected chi connectivity index (χ2v) is 4.90. The summed E-state index contributed by atoms with van der Waals surface area (Å²) in [5.41, 5.74) is 1.10. The highest BCUT2D eigenvalue weighted by Crippen LogP contribution is 2.51. The summed E-state index contributed by atoms with van der Waals surface area (Å²) < 4.78 is 26.7. The van der Waals surface area contributed by atoms with Crippen LogP contribution in [-0.2, 0) is 18.1 Å². The Labute approximate surface area is 89.8 Å². The second-order valence-electron chi connectivity index (χ2n) is 3.12. The minimum atomic E-state index is -3.52. The van der Waals surface area contributed by atoms with E-state index in [1.54, 1.807) is 27.7 Å².